The summed E-state index contributed by atoms with van der Waals surface area (Å²) in [5.74, 6) is -1.27. The fourth-order valence-electron chi connectivity index (χ4n) is 6.65. The third-order valence-corrected chi connectivity index (χ3v) is 8.64. The number of aryl methyl sites for hydroxylation is 1. The van der Waals surface area contributed by atoms with Crippen molar-refractivity contribution in [2.45, 2.75) is 63.8 Å². The Morgan fingerprint density at radius 3 is 2.48 bits per heavy atom. The highest BCUT2D eigenvalue weighted by Crippen LogP contribution is 2.56. The Balaban J connectivity index is 1.44. The van der Waals surface area contributed by atoms with Gasteiger partial charge >= 0.3 is 12.4 Å². The molecular weight excluding hydrogens is 560 g/mol. The minimum Gasteiger partial charge on any atom is -0.337 e. The number of hydrogen-bond donors (Lipinski definition) is 1. The lowest BCUT2D eigenvalue weighted by Crippen LogP contribution is -2.39. The zero-order valence-corrected chi connectivity index (χ0v) is 22.8. The van der Waals surface area contributed by atoms with E-state index in [1.807, 2.05) is 49.7 Å². The second-order valence-corrected chi connectivity index (χ2v) is 11.1. The first-order chi connectivity index (χ1) is 19.8. The van der Waals surface area contributed by atoms with Gasteiger partial charge in [-0.25, -0.2) is 19.6 Å². The highest BCUT2D eigenvalue weighted by molar-refractivity contribution is 5.88. The number of benzene rings is 1. The van der Waals surface area contributed by atoms with Gasteiger partial charge in [-0.2, -0.15) is 31.4 Å². The molecule has 1 aromatic carbocycles. The number of rotatable bonds is 2. The fraction of sp³-hybridized carbons (Fsp3) is 0.379. The van der Waals surface area contributed by atoms with Crippen molar-refractivity contribution >= 4 is 11.5 Å². The highest BCUT2D eigenvalue weighted by Gasteiger charge is 2.52. The molecule has 42 heavy (non-hydrogen) atoms. The van der Waals surface area contributed by atoms with Crippen LogP contribution in [0.5, 0.6) is 0 Å². The molecule has 3 aromatic heterocycles. The lowest BCUT2D eigenvalue weighted by atomic mass is 9.64. The molecule has 7 nitrogen and oxygen atoms in total. The first-order valence-electron chi connectivity index (χ1n) is 13.6. The molecule has 2 atom stereocenters. The summed E-state index contributed by atoms with van der Waals surface area (Å²) in [6.07, 6.45) is -4.54. The quantitative estimate of drug-likeness (QED) is 0.277. The second-order valence-electron chi connectivity index (χ2n) is 11.1. The molecule has 0 fully saturated rings. The smallest absolute Gasteiger partial charge is 0.337 e. The van der Waals surface area contributed by atoms with Gasteiger partial charge in [0.15, 0.2) is 0 Å². The van der Waals surface area contributed by atoms with Gasteiger partial charge in [-0.1, -0.05) is 38.1 Å². The summed E-state index contributed by atoms with van der Waals surface area (Å²) >= 11 is 0. The predicted molar refractivity (Wildman–Crippen MR) is 141 cm³/mol. The molecule has 13 heteroatoms. The number of alkyl halides is 6. The van der Waals surface area contributed by atoms with Crippen molar-refractivity contribution in [2.24, 2.45) is 0 Å². The maximum atomic E-state index is 13.9. The third-order valence-electron chi connectivity index (χ3n) is 8.64. The number of imidazole rings is 1. The van der Waals surface area contributed by atoms with Gasteiger partial charge in [0.25, 0.3) is 0 Å². The van der Waals surface area contributed by atoms with Gasteiger partial charge in [0.05, 0.1) is 33.7 Å². The van der Waals surface area contributed by atoms with E-state index in [1.165, 1.54) is 0 Å². The van der Waals surface area contributed by atoms with Crippen molar-refractivity contribution < 1.29 is 26.3 Å². The SMILES string of the molecule is CCc1cccc2c1-n1nc3c(c1C1(C)C2=CC(C)c2[nH]c(C(F)(F)F)nc21)CN(c1ncc(C(F)(F)F)cn1)CC3. The predicted octanol–water partition coefficient (Wildman–Crippen LogP) is 6.37. The Hall–Kier alpha value is -4.16. The van der Waals surface area contributed by atoms with Crippen molar-refractivity contribution in [1.82, 2.24) is 29.7 Å². The maximum Gasteiger partial charge on any atom is 0.449 e. The molecule has 1 aliphatic carbocycles. The normalized spacial score (nSPS) is 21.2. The molecule has 0 amide bonds. The van der Waals surface area contributed by atoms with Gasteiger partial charge in [0, 0.05) is 54.6 Å². The first kappa shape index (κ1) is 26.7. The largest absolute Gasteiger partial charge is 0.449 e. The molecule has 0 bridgehead atoms. The van der Waals surface area contributed by atoms with Gasteiger partial charge < -0.3 is 9.88 Å². The van der Waals surface area contributed by atoms with Crippen LogP contribution in [0.3, 0.4) is 0 Å². The summed E-state index contributed by atoms with van der Waals surface area (Å²) in [5.41, 5.74) is 4.57. The summed E-state index contributed by atoms with van der Waals surface area (Å²) in [4.78, 5) is 16.5. The average Bonchev–Trinajstić information content (AvgIpc) is 3.58. The number of H-pyrrole nitrogens is 1. The number of aromatic nitrogens is 6. The van der Waals surface area contributed by atoms with Crippen LogP contribution in [0.1, 0.15) is 77.5 Å². The Morgan fingerprint density at radius 2 is 1.81 bits per heavy atom. The number of allylic oxidation sites excluding steroid dienone is 2. The van der Waals surface area contributed by atoms with E-state index in [2.05, 4.69) is 19.9 Å². The molecule has 0 saturated heterocycles. The minimum atomic E-state index is -4.66. The van der Waals surface area contributed by atoms with E-state index in [4.69, 9.17) is 5.10 Å². The molecule has 1 N–H and O–H groups in total. The van der Waals surface area contributed by atoms with E-state index in [1.54, 1.807) is 4.90 Å². The van der Waals surface area contributed by atoms with Crippen LogP contribution in [0.2, 0.25) is 0 Å². The Bertz CT molecular complexity index is 1760. The molecule has 3 aliphatic rings. The van der Waals surface area contributed by atoms with Crippen molar-refractivity contribution in [2.75, 3.05) is 11.4 Å². The topological polar surface area (TPSA) is 75.5 Å². The number of aromatic amines is 1. The number of fused-ring (bicyclic) bond motifs is 10. The summed E-state index contributed by atoms with van der Waals surface area (Å²) in [6.45, 7) is 6.41. The van der Waals surface area contributed by atoms with Crippen LogP contribution in [0.15, 0.2) is 36.7 Å². The summed E-state index contributed by atoms with van der Waals surface area (Å²) in [7, 11) is 0. The summed E-state index contributed by atoms with van der Waals surface area (Å²) in [5, 5.41) is 5.01. The summed E-state index contributed by atoms with van der Waals surface area (Å²) < 4.78 is 83.0. The molecule has 218 valence electrons. The van der Waals surface area contributed by atoms with Crippen LogP contribution in [0.25, 0.3) is 11.3 Å². The standard InChI is InChI=1S/C29H25F6N7/c1-4-15-6-5-7-17-19-10-14(2)21-23(39-25(38-21)29(33,34)35)27(19,3)24-18-13-41(9-8-20(18)40-42(24)22(15)17)26-36-11-16(12-37-26)28(30,31)32/h5-7,10-12,14H,4,8-9,13H2,1-3H3,(H,38,39). The number of hydrogen-bond acceptors (Lipinski definition) is 5. The van der Waals surface area contributed by atoms with Crippen LogP contribution >= 0.6 is 0 Å². The molecule has 7 rings (SSSR count). The number of para-hydroxylation sites is 1. The molecule has 0 radical (unpaired) electrons. The maximum absolute atomic E-state index is 13.9. The fourth-order valence-corrected chi connectivity index (χ4v) is 6.65. The third kappa shape index (κ3) is 3.67. The Morgan fingerprint density at radius 1 is 1.07 bits per heavy atom. The Labute approximate surface area is 236 Å². The van der Waals surface area contributed by atoms with Crippen LogP contribution in [0, 0.1) is 0 Å². The molecule has 5 heterocycles. The van der Waals surface area contributed by atoms with Gasteiger partial charge in [-0.05, 0) is 24.5 Å². The number of nitrogens with zero attached hydrogens (tertiary/aromatic N) is 6. The molecular formula is C29H25F6N7. The van der Waals surface area contributed by atoms with Crippen LogP contribution in [0.4, 0.5) is 32.3 Å². The van der Waals surface area contributed by atoms with Crippen LogP contribution < -0.4 is 4.90 Å². The van der Waals surface area contributed by atoms with Gasteiger partial charge in [-0.15, -0.1) is 0 Å². The van der Waals surface area contributed by atoms with E-state index in [-0.39, 0.29) is 18.4 Å². The average molecular weight is 586 g/mol. The van der Waals surface area contributed by atoms with Crippen molar-refractivity contribution in [1.29, 1.82) is 0 Å². The molecule has 0 saturated carbocycles. The monoisotopic (exact) mass is 585 g/mol. The highest BCUT2D eigenvalue weighted by atomic mass is 19.4. The molecule has 2 unspecified atom stereocenters. The number of nitrogens with one attached hydrogen (secondary N) is 1. The number of halogens is 6. The van der Waals surface area contributed by atoms with Crippen LogP contribution in [-0.4, -0.2) is 36.3 Å². The lowest BCUT2D eigenvalue weighted by molar-refractivity contribution is -0.144. The van der Waals surface area contributed by atoms with Crippen molar-refractivity contribution in [3.8, 4) is 5.69 Å². The lowest BCUT2D eigenvalue weighted by Gasteiger charge is -2.42. The Kier molecular flexibility index (Phi) is 5.52. The minimum absolute atomic E-state index is 0.136. The van der Waals surface area contributed by atoms with Crippen LogP contribution in [-0.2, 0) is 37.2 Å². The molecule has 2 aliphatic heterocycles. The van der Waals surface area contributed by atoms with E-state index in [0.29, 0.717) is 36.5 Å². The van der Waals surface area contributed by atoms with E-state index in [0.717, 1.165) is 46.0 Å². The van der Waals surface area contributed by atoms with Gasteiger partial charge in [-0.3, -0.25) is 0 Å². The van der Waals surface area contributed by atoms with Gasteiger partial charge in [0.1, 0.15) is 0 Å². The van der Waals surface area contributed by atoms with Crippen molar-refractivity contribution in [3.63, 3.8) is 0 Å². The zero-order chi connectivity index (χ0) is 29.8. The van der Waals surface area contributed by atoms with E-state index in [9.17, 15) is 26.3 Å². The summed E-state index contributed by atoms with van der Waals surface area (Å²) in [6, 6.07) is 5.94. The zero-order valence-electron chi connectivity index (χ0n) is 22.8. The van der Waals surface area contributed by atoms with E-state index >= 15 is 0 Å². The molecule has 0 spiro atoms. The van der Waals surface area contributed by atoms with E-state index < -0.39 is 29.2 Å². The van der Waals surface area contributed by atoms with Gasteiger partial charge in [0.2, 0.25) is 11.8 Å². The number of anilines is 1. The van der Waals surface area contributed by atoms with Crippen molar-refractivity contribution in [3.05, 3.63) is 87.5 Å². The first-order valence-corrected chi connectivity index (χ1v) is 13.6. The molecule has 4 aromatic rings. The second kappa shape index (κ2) is 8.68.